The Hall–Kier alpha value is -0.620. The molecule has 0 heterocycles. The van der Waals surface area contributed by atoms with Gasteiger partial charge >= 0.3 is 0 Å². The normalized spacial score (nSPS) is 11.2. The van der Waals surface area contributed by atoms with E-state index in [1.165, 1.54) is 4.24 Å². The SMILES string of the molecule is Nc1ccccc1.O=S([O-])NCl. The summed E-state index contributed by atoms with van der Waals surface area (Å²) in [7, 11) is 0. The van der Waals surface area contributed by atoms with Gasteiger partial charge < -0.3 is 10.3 Å². The Labute approximate surface area is 78.3 Å². The van der Waals surface area contributed by atoms with Gasteiger partial charge in [0.1, 0.15) is 0 Å². The van der Waals surface area contributed by atoms with Gasteiger partial charge in [0.05, 0.1) is 0 Å². The monoisotopic (exact) mass is 207 g/mol. The zero-order valence-corrected chi connectivity index (χ0v) is 7.64. The smallest absolute Gasteiger partial charge is 0.0329 e. The minimum absolute atomic E-state index is 0.822. The first-order chi connectivity index (χ1) is 5.66. The molecule has 4 nitrogen and oxygen atoms in total. The lowest BCUT2D eigenvalue weighted by Crippen LogP contribution is -2.00. The zero-order valence-electron chi connectivity index (χ0n) is 6.07. The van der Waals surface area contributed by atoms with Gasteiger partial charge in [-0.25, -0.2) is 0 Å². The van der Waals surface area contributed by atoms with E-state index >= 15 is 0 Å². The fourth-order valence-electron chi connectivity index (χ4n) is 0.453. The van der Waals surface area contributed by atoms with Crippen molar-refractivity contribution < 1.29 is 8.76 Å². The van der Waals surface area contributed by atoms with E-state index in [-0.39, 0.29) is 0 Å². The van der Waals surface area contributed by atoms with E-state index in [0.717, 1.165) is 5.69 Å². The number of nitrogens with one attached hydrogen (secondary N) is 1. The van der Waals surface area contributed by atoms with E-state index in [1.54, 1.807) is 0 Å². The molecule has 0 fully saturated rings. The van der Waals surface area contributed by atoms with Crippen molar-refractivity contribution in [3.05, 3.63) is 30.3 Å². The summed E-state index contributed by atoms with van der Waals surface area (Å²) in [5.41, 5.74) is 6.18. The van der Waals surface area contributed by atoms with E-state index in [9.17, 15) is 0 Å². The largest absolute Gasteiger partial charge is 0.759 e. The molecule has 1 unspecified atom stereocenters. The minimum atomic E-state index is -2.31. The van der Waals surface area contributed by atoms with Gasteiger partial charge in [0.25, 0.3) is 0 Å². The summed E-state index contributed by atoms with van der Waals surface area (Å²) in [4.78, 5) is 0. The molecule has 1 aromatic carbocycles. The van der Waals surface area contributed by atoms with Crippen LogP contribution in [0, 0.1) is 0 Å². The molecule has 0 radical (unpaired) electrons. The van der Waals surface area contributed by atoms with Crippen molar-refractivity contribution in [3.63, 3.8) is 0 Å². The summed E-state index contributed by atoms with van der Waals surface area (Å²) < 4.78 is 19.7. The molecule has 3 N–H and O–H groups in total. The number of benzene rings is 1. The first-order valence-electron chi connectivity index (χ1n) is 2.93. The number of hydrogen-bond donors (Lipinski definition) is 2. The third kappa shape index (κ3) is 7.49. The molecular formula is C6H8ClN2O2S-. The van der Waals surface area contributed by atoms with Crippen LogP contribution in [0.5, 0.6) is 0 Å². The van der Waals surface area contributed by atoms with Crippen molar-refractivity contribution >= 4 is 28.7 Å². The van der Waals surface area contributed by atoms with Crippen LogP contribution in [0.4, 0.5) is 5.69 Å². The third-order valence-corrected chi connectivity index (χ3v) is 1.37. The van der Waals surface area contributed by atoms with Gasteiger partial charge in [0.15, 0.2) is 0 Å². The fourth-order valence-corrected chi connectivity index (χ4v) is 0.453. The Morgan fingerprint density at radius 2 is 1.83 bits per heavy atom. The van der Waals surface area contributed by atoms with E-state index in [4.69, 9.17) is 14.5 Å². The minimum Gasteiger partial charge on any atom is -0.759 e. The maximum Gasteiger partial charge on any atom is 0.0329 e. The highest BCUT2D eigenvalue weighted by molar-refractivity contribution is 7.78. The Morgan fingerprint density at radius 3 is 2.00 bits per heavy atom. The molecule has 1 rings (SSSR count). The quantitative estimate of drug-likeness (QED) is 0.406. The molecule has 1 aromatic rings. The first kappa shape index (κ1) is 11.4. The Balaban J connectivity index is 0.000000217. The van der Waals surface area contributed by atoms with Crippen molar-refractivity contribution in [2.75, 3.05) is 5.73 Å². The van der Waals surface area contributed by atoms with Crippen molar-refractivity contribution in [2.45, 2.75) is 0 Å². The standard InChI is InChI=1S/C6H7N.ClH2NO2S/c7-6-4-2-1-3-5-6;1-2-5(3)4/h1-5H,7H2;2H,(H,3,4)/p-1. The highest BCUT2D eigenvalue weighted by atomic mass is 35.5. The molecule has 6 heteroatoms. The third-order valence-electron chi connectivity index (χ3n) is 0.863. The number of nitrogens with two attached hydrogens (primary N) is 1. The molecule has 12 heavy (non-hydrogen) atoms. The highest BCUT2D eigenvalue weighted by Crippen LogP contribution is 1.95. The lowest BCUT2D eigenvalue weighted by atomic mass is 10.3. The van der Waals surface area contributed by atoms with Crippen molar-refractivity contribution in [3.8, 4) is 0 Å². The van der Waals surface area contributed by atoms with Gasteiger partial charge in [-0.05, 0) is 23.9 Å². The predicted octanol–water partition coefficient (Wildman–Crippen LogP) is 0.793. The zero-order chi connectivity index (χ0) is 9.40. The van der Waals surface area contributed by atoms with Crippen LogP contribution in [0.3, 0.4) is 0 Å². The Bertz CT molecular complexity index is 232. The number of rotatable bonds is 1. The van der Waals surface area contributed by atoms with Crippen molar-refractivity contribution in [1.29, 1.82) is 0 Å². The second kappa shape index (κ2) is 7.05. The van der Waals surface area contributed by atoms with E-state index in [0.29, 0.717) is 0 Å². The molecule has 68 valence electrons. The predicted molar refractivity (Wildman–Crippen MR) is 48.8 cm³/mol. The van der Waals surface area contributed by atoms with Crippen LogP contribution in [-0.2, 0) is 11.3 Å². The number of anilines is 1. The molecule has 0 saturated carbocycles. The van der Waals surface area contributed by atoms with Crippen molar-refractivity contribution in [2.24, 2.45) is 0 Å². The molecule has 0 spiro atoms. The first-order valence-corrected chi connectivity index (χ1v) is 4.38. The molecule has 0 aromatic heterocycles. The van der Waals surface area contributed by atoms with Gasteiger partial charge in [-0.15, -0.1) is 0 Å². The number of halogens is 1. The summed E-state index contributed by atoms with van der Waals surface area (Å²) in [6, 6.07) is 9.49. The molecule has 0 aliphatic rings. The number of nitrogen functional groups attached to an aromatic ring is 1. The van der Waals surface area contributed by atoms with Crippen LogP contribution in [0.25, 0.3) is 0 Å². The lowest BCUT2D eigenvalue weighted by Gasteiger charge is -1.93. The second-order valence-corrected chi connectivity index (χ2v) is 2.81. The number of hydrogen-bond acceptors (Lipinski definition) is 3. The molecule has 0 amide bonds. The number of para-hydroxylation sites is 1. The van der Waals surface area contributed by atoms with Crippen LogP contribution in [0.2, 0.25) is 0 Å². The summed E-state index contributed by atoms with van der Waals surface area (Å²) in [5, 5.41) is 0. The maximum absolute atomic E-state index is 9.12. The van der Waals surface area contributed by atoms with Gasteiger partial charge in [0, 0.05) is 17.0 Å². The summed E-state index contributed by atoms with van der Waals surface area (Å²) in [5.74, 6) is 0. The fraction of sp³-hybridized carbons (Fsp3) is 0. The van der Waals surface area contributed by atoms with E-state index in [1.807, 2.05) is 30.3 Å². The molecular weight excluding hydrogens is 200 g/mol. The maximum atomic E-state index is 9.12. The summed E-state index contributed by atoms with van der Waals surface area (Å²) >= 11 is 2.17. The average molecular weight is 208 g/mol. The van der Waals surface area contributed by atoms with Crippen LogP contribution >= 0.6 is 11.8 Å². The molecule has 1 atom stereocenters. The van der Waals surface area contributed by atoms with Gasteiger partial charge in [0.2, 0.25) is 0 Å². The van der Waals surface area contributed by atoms with Crippen LogP contribution in [0.15, 0.2) is 30.3 Å². The average Bonchev–Trinajstić information content (AvgIpc) is 2.07. The molecule has 0 saturated heterocycles. The molecule has 0 aliphatic heterocycles. The van der Waals surface area contributed by atoms with Gasteiger partial charge in [-0.1, -0.05) is 18.2 Å². The van der Waals surface area contributed by atoms with E-state index in [2.05, 4.69) is 11.8 Å². The van der Waals surface area contributed by atoms with Gasteiger partial charge in [-0.3, -0.25) is 4.21 Å². The summed E-state index contributed by atoms with van der Waals surface area (Å²) in [6.07, 6.45) is 0. The van der Waals surface area contributed by atoms with Crippen molar-refractivity contribution in [1.82, 2.24) is 4.24 Å². The van der Waals surface area contributed by atoms with Gasteiger partial charge in [-0.2, -0.15) is 4.24 Å². The summed E-state index contributed by atoms with van der Waals surface area (Å²) in [6.45, 7) is 0. The molecule has 0 bridgehead atoms. The Morgan fingerprint density at radius 1 is 1.42 bits per heavy atom. The topological polar surface area (TPSA) is 78.2 Å². The van der Waals surface area contributed by atoms with Crippen LogP contribution in [0.1, 0.15) is 0 Å². The van der Waals surface area contributed by atoms with Crippen LogP contribution < -0.4 is 9.97 Å². The van der Waals surface area contributed by atoms with E-state index < -0.39 is 11.3 Å². The lowest BCUT2D eigenvalue weighted by molar-refractivity contribution is 0.534. The Kier molecular flexibility index (Phi) is 6.69. The highest BCUT2D eigenvalue weighted by Gasteiger charge is 1.72. The van der Waals surface area contributed by atoms with Crippen LogP contribution in [-0.4, -0.2) is 8.76 Å². The molecule has 0 aliphatic carbocycles. The second-order valence-electron chi connectivity index (χ2n) is 1.72.